The Morgan fingerprint density at radius 2 is 2.00 bits per heavy atom. The van der Waals surface area contributed by atoms with Crippen LogP contribution in [0.15, 0.2) is 29.2 Å². The second kappa shape index (κ2) is 6.76. The average Bonchev–Trinajstić information content (AvgIpc) is 2.88. The van der Waals surface area contributed by atoms with E-state index in [2.05, 4.69) is 4.72 Å². The second-order valence-corrected chi connectivity index (χ2v) is 7.44. The summed E-state index contributed by atoms with van der Waals surface area (Å²) in [5.74, 6) is 0.267. The first-order valence-electron chi connectivity index (χ1n) is 7.49. The van der Waals surface area contributed by atoms with Crippen molar-refractivity contribution in [3.63, 3.8) is 0 Å². The lowest BCUT2D eigenvalue weighted by atomic mass is 10.1. The molecule has 0 radical (unpaired) electrons. The molecule has 2 atom stereocenters. The van der Waals surface area contributed by atoms with Gasteiger partial charge in [-0.2, -0.15) is 0 Å². The monoisotopic (exact) mass is 325 g/mol. The highest BCUT2D eigenvalue weighted by Gasteiger charge is 2.32. The Morgan fingerprint density at radius 1 is 1.36 bits per heavy atom. The van der Waals surface area contributed by atoms with Gasteiger partial charge >= 0.3 is 0 Å². The van der Waals surface area contributed by atoms with E-state index in [-0.39, 0.29) is 16.8 Å². The van der Waals surface area contributed by atoms with Crippen LogP contribution in [0.5, 0.6) is 0 Å². The molecular formula is C15H23N3O3S. The molecule has 6 nitrogen and oxygen atoms in total. The number of nitrogens with zero attached hydrogens (tertiary/aromatic N) is 1. The summed E-state index contributed by atoms with van der Waals surface area (Å²) in [5, 5.41) is 0. The quantitative estimate of drug-likeness (QED) is 0.837. The third-order valence-electron chi connectivity index (χ3n) is 4.00. The van der Waals surface area contributed by atoms with E-state index < -0.39 is 10.0 Å². The maximum Gasteiger partial charge on any atom is 0.254 e. The highest BCUT2D eigenvalue weighted by atomic mass is 32.2. The summed E-state index contributed by atoms with van der Waals surface area (Å²) in [6.07, 6.45) is 0.912. The number of hydrogen-bond donors (Lipinski definition) is 2. The zero-order valence-corrected chi connectivity index (χ0v) is 13.8. The summed E-state index contributed by atoms with van der Waals surface area (Å²) in [6.45, 7) is 5.30. The van der Waals surface area contributed by atoms with Gasteiger partial charge in [0.05, 0.1) is 4.90 Å². The lowest BCUT2D eigenvalue weighted by molar-refractivity contribution is 0.0743. The number of carbonyl (C=O) groups excluding carboxylic acids is 1. The van der Waals surface area contributed by atoms with Crippen molar-refractivity contribution < 1.29 is 13.2 Å². The molecule has 1 aliphatic rings. The minimum absolute atomic E-state index is 0.0733. The first-order chi connectivity index (χ1) is 10.4. The summed E-state index contributed by atoms with van der Waals surface area (Å²) in [6, 6.07) is 6.22. The molecule has 1 aliphatic heterocycles. The van der Waals surface area contributed by atoms with Crippen LogP contribution in [0, 0.1) is 5.92 Å². The topological polar surface area (TPSA) is 92.5 Å². The SMILES string of the molecule is CCNS(=O)(=O)c1ccc(C(=O)N2CC(CN)CC2C)cc1. The van der Waals surface area contributed by atoms with E-state index in [1.54, 1.807) is 19.1 Å². The smallest absolute Gasteiger partial charge is 0.254 e. The van der Waals surface area contributed by atoms with E-state index in [9.17, 15) is 13.2 Å². The molecule has 0 saturated carbocycles. The van der Waals surface area contributed by atoms with Crippen LogP contribution in [0.4, 0.5) is 0 Å². The minimum atomic E-state index is -3.49. The predicted molar refractivity (Wildman–Crippen MR) is 85.0 cm³/mol. The van der Waals surface area contributed by atoms with Crippen molar-refractivity contribution in [1.82, 2.24) is 9.62 Å². The van der Waals surface area contributed by atoms with E-state index >= 15 is 0 Å². The maximum atomic E-state index is 12.5. The van der Waals surface area contributed by atoms with Crippen molar-refractivity contribution in [3.05, 3.63) is 29.8 Å². The van der Waals surface area contributed by atoms with Gasteiger partial charge < -0.3 is 10.6 Å². The molecule has 0 aromatic heterocycles. The highest BCUT2D eigenvalue weighted by Crippen LogP contribution is 2.24. The summed E-state index contributed by atoms with van der Waals surface area (Å²) in [4.78, 5) is 14.5. The normalized spacial score (nSPS) is 22.0. The van der Waals surface area contributed by atoms with Gasteiger partial charge in [0.25, 0.3) is 5.91 Å². The van der Waals surface area contributed by atoms with Crippen molar-refractivity contribution >= 4 is 15.9 Å². The van der Waals surface area contributed by atoms with Crippen LogP contribution in [0.25, 0.3) is 0 Å². The van der Waals surface area contributed by atoms with Gasteiger partial charge in [0.2, 0.25) is 10.0 Å². The van der Waals surface area contributed by atoms with Gasteiger partial charge in [-0.1, -0.05) is 6.92 Å². The number of sulfonamides is 1. The average molecular weight is 325 g/mol. The third-order valence-corrected chi connectivity index (χ3v) is 5.56. The Labute approximate surface area is 131 Å². The Kier molecular flexibility index (Phi) is 5.20. The molecule has 0 bridgehead atoms. The molecule has 1 aromatic carbocycles. The van der Waals surface area contributed by atoms with Crippen LogP contribution < -0.4 is 10.5 Å². The molecule has 7 heteroatoms. The van der Waals surface area contributed by atoms with E-state index in [1.807, 2.05) is 11.8 Å². The number of likely N-dealkylation sites (tertiary alicyclic amines) is 1. The number of amides is 1. The van der Waals surface area contributed by atoms with Crippen LogP contribution in [0.2, 0.25) is 0 Å². The maximum absolute atomic E-state index is 12.5. The molecule has 2 unspecified atom stereocenters. The van der Waals surface area contributed by atoms with Crippen molar-refractivity contribution in [3.8, 4) is 0 Å². The summed E-state index contributed by atoms with van der Waals surface area (Å²) in [5.41, 5.74) is 6.18. The molecule has 1 amide bonds. The Bertz CT molecular complexity index is 628. The fraction of sp³-hybridized carbons (Fsp3) is 0.533. The van der Waals surface area contributed by atoms with E-state index in [1.165, 1.54) is 12.1 Å². The van der Waals surface area contributed by atoms with Gasteiger partial charge in [-0.25, -0.2) is 13.1 Å². The Hall–Kier alpha value is -1.44. The van der Waals surface area contributed by atoms with E-state index in [0.29, 0.717) is 31.1 Å². The number of benzene rings is 1. The molecule has 1 heterocycles. The first-order valence-corrected chi connectivity index (χ1v) is 8.98. The molecule has 3 N–H and O–H groups in total. The molecule has 0 spiro atoms. The van der Waals surface area contributed by atoms with Crippen LogP contribution in [-0.4, -0.2) is 44.9 Å². The fourth-order valence-electron chi connectivity index (χ4n) is 2.81. The van der Waals surface area contributed by atoms with Crippen molar-refractivity contribution in [2.75, 3.05) is 19.6 Å². The molecule has 0 aliphatic carbocycles. The first kappa shape index (κ1) is 16.9. The van der Waals surface area contributed by atoms with Crippen molar-refractivity contribution in [1.29, 1.82) is 0 Å². The molecule has 2 rings (SSSR count). The Morgan fingerprint density at radius 3 is 2.50 bits per heavy atom. The van der Waals surface area contributed by atoms with Crippen LogP contribution in [0.1, 0.15) is 30.6 Å². The number of carbonyl (C=O) groups is 1. The lowest BCUT2D eigenvalue weighted by Crippen LogP contribution is -2.34. The number of hydrogen-bond acceptors (Lipinski definition) is 4. The Balaban J connectivity index is 2.15. The van der Waals surface area contributed by atoms with Crippen molar-refractivity contribution in [2.24, 2.45) is 11.7 Å². The van der Waals surface area contributed by atoms with Gasteiger partial charge in [-0.15, -0.1) is 0 Å². The molecule has 1 fully saturated rings. The lowest BCUT2D eigenvalue weighted by Gasteiger charge is -2.21. The molecular weight excluding hydrogens is 302 g/mol. The van der Waals surface area contributed by atoms with Gasteiger partial charge in [0.1, 0.15) is 0 Å². The van der Waals surface area contributed by atoms with Crippen LogP contribution in [0.3, 0.4) is 0 Å². The number of rotatable bonds is 5. The molecule has 1 saturated heterocycles. The van der Waals surface area contributed by atoms with Gasteiger partial charge in [-0.05, 0) is 50.1 Å². The zero-order valence-electron chi connectivity index (χ0n) is 13.0. The fourth-order valence-corrected chi connectivity index (χ4v) is 3.85. The van der Waals surface area contributed by atoms with Crippen LogP contribution in [-0.2, 0) is 10.0 Å². The highest BCUT2D eigenvalue weighted by molar-refractivity contribution is 7.89. The van der Waals surface area contributed by atoms with E-state index in [4.69, 9.17) is 5.73 Å². The van der Waals surface area contributed by atoms with Gasteiger partial charge in [0, 0.05) is 24.7 Å². The van der Waals surface area contributed by atoms with Crippen LogP contribution >= 0.6 is 0 Å². The minimum Gasteiger partial charge on any atom is -0.336 e. The summed E-state index contributed by atoms with van der Waals surface area (Å²) in [7, 11) is -3.49. The van der Waals surface area contributed by atoms with E-state index in [0.717, 1.165) is 6.42 Å². The second-order valence-electron chi connectivity index (χ2n) is 5.67. The molecule has 1 aromatic rings. The number of nitrogens with two attached hydrogens (primary N) is 1. The summed E-state index contributed by atoms with van der Waals surface area (Å²) < 4.78 is 26.2. The molecule has 22 heavy (non-hydrogen) atoms. The largest absolute Gasteiger partial charge is 0.336 e. The van der Waals surface area contributed by atoms with Crippen molar-refractivity contribution in [2.45, 2.75) is 31.2 Å². The predicted octanol–water partition coefficient (Wildman–Crippen LogP) is 0.794. The molecule has 122 valence electrons. The third kappa shape index (κ3) is 3.48. The number of nitrogens with one attached hydrogen (secondary N) is 1. The summed E-state index contributed by atoms with van der Waals surface area (Å²) >= 11 is 0. The zero-order chi connectivity index (χ0) is 16.3. The standard InChI is InChI=1S/C15H23N3O3S/c1-3-17-22(20,21)14-6-4-13(5-7-14)15(19)18-10-12(9-16)8-11(18)2/h4-7,11-12,17H,3,8-10,16H2,1-2H3. The van der Waals surface area contributed by atoms with Gasteiger partial charge in [-0.3, -0.25) is 4.79 Å². The van der Waals surface area contributed by atoms with Gasteiger partial charge in [0.15, 0.2) is 0 Å².